The molecule has 0 saturated carbocycles. The second-order valence-corrected chi connectivity index (χ2v) is 6.49. The smallest absolute Gasteiger partial charge is 0.278 e. The van der Waals surface area contributed by atoms with Crippen molar-refractivity contribution in [3.8, 4) is 0 Å². The number of likely N-dealkylation sites (N-methyl/N-ethyl adjacent to an activating group) is 1. The third kappa shape index (κ3) is 3.09. The van der Waals surface area contributed by atoms with Gasteiger partial charge in [-0.1, -0.05) is 60.7 Å². The maximum atomic E-state index is 12.9. The highest BCUT2D eigenvalue weighted by molar-refractivity contribution is 6.00. The average molecular weight is 354 g/mol. The molecule has 2 N–H and O–H groups in total. The Labute approximate surface area is 152 Å². The van der Waals surface area contributed by atoms with Gasteiger partial charge >= 0.3 is 0 Å². The summed E-state index contributed by atoms with van der Waals surface area (Å²) >= 11 is 0. The van der Waals surface area contributed by atoms with Gasteiger partial charge in [0, 0.05) is 27.0 Å². The number of aliphatic hydroxyl groups is 1. The van der Waals surface area contributed by atoms with Gasteiger partial charge in [-0.15, -0.1) is 0 Å². The minimum absolute atomic E-state index is 0.0200. The van der Waals surface area contributed by atoms with E-state index in [0.717, 1.165) is 11.1 Å². The molecule has 2 amide bonds. The minimum Gasteiger partial charge on any atom is -0.363 e. The van der Waals surface area contributed by atoms with Gasteiger partial charge < -0.3 is 20.1 Å². The van der Waals surface area contributed by atoms with Crippen LogP contribution >= 0.6 is 0 Å². The zero-order valence-electron chi connectivity index (χ0n) is 14.8. The fourth-order valence-electron chi connectivity index (χ4n) is 3.32. The molecule has 1 aliphatic rings. The number of methoxy groups -OCH3 is 1. The lowest BCUT2D eigenvalue weighted by Gasteiger charge is -2.48. The third-order valence-electron chi connectivity index (χ3n) is 4.80. The molecule has 0 aliphatic carbocycles. The zero-order chi connectivity index (χ0) is 18.8. The maximum Gasteiger partial charge on any atom is 0.278 e. The molecule has 6 heteroatoms. The number of benzene rings is 2. The van der Waals surface area contributed by atoms with Crippen LogP contribution in [0.15, 0.2) is 60.7 Å². The number of nitrogens with zero attached hydrogens (tertiary/aromatic N) is 1. The zero-order valence-corrected chi connectivity index (χ0v) is 14.8. The molecule has 2 aromatic carbocycles. The van der Waals surface area contributed by atoms with Crippen molar-refractivity contribution in [2.45, 2.75) is 24.3 Å². The Balaban J connectivity index is 1.90. The topological polar surface area (TPSA) is 78.9 Å². The molecule has 1 aliphatic heterocycles. The van der Waals surface area contributed by atoms with Crippen molar-refractivity contribution >= 4 is 11.8 Å². The molecule has 1 fully saturated rings. The molecular weight excluding hydrogens is 332 g/mol. The van der Waals surface area contributed by atoms with Crippen molar-refractivity contribution in [2.24, 2.45) is 0 Å². The van der Waals surface area contributed by atoms with Crippen molar-refractivity contribution in [3.05, 3.63) is 71.8 Å². The van der Waals surface area contributed by atoms with Crippen LogP contribution in [-0.2, 0) is 27.2 Å². The summed E-state index contributed by atoms with van der Waals surface area (Å²) in [7, 11) is 2.86. The molecule has 0 radical (unpaired) electrons. The average Bonchev–Trinajstić information content (AvgIpc) is 2.65. The second-order valence-electron chi connectivity index (χ2n) is 6.49. The van der Waals surface area contributed by atoms with E-state index < -0.39 is 23.3 Å². The first-order valence-corrected chi connectivity index (χ1v) is 8.37. The number of ether oxygens (including phenoxy) is 1. The van der Waals surface area contributed by atoms with E-state index in [2.05, 4.69) is 5.32 Å². The Morgan fingerprint density at radius 1 is 0.962 bits per heavy atom. The molecule has 136 valence electrons. The number of nitrogens with one attached hydrogen (secondary N) is 1. The predicted octanol–water partition coefficient (Wildman–Crippen LogP) is 1.09. The molecule has 0 aromatic heterocycles. The molecular formula is C20H22N2O4. The molecule has 2 aromatic rings. The quantitative estimate of drug-likeness (QED) is 0.843. The van der Waals surface area contributed by atoms with Gasteiger partial charge in [0.25, 0.3) is 11.8 Å². The predicted molar refractivity (Wildman–Crippen MR) is 95.9 cm³/mol. The Morgan fingerprint density at radius 2 is 1.46 bits per heavy atom. The highest BCUT2D eigenvalue weighted by Crippen LogP contribution is 2.30. The Morgan fingerprint density at radius 3 is 1.96 bits per heavy atom. The summed E-state index contributed by atoms with van der Waals surface area (Å²) in [6.45, 7) is 0. The summed E-state index contributed by atoms with van der Waals surface area (Å²) in [5.74, 6) is -1.16. The van der Waals surface area contributed by atoms with Gasteiger partial charge in [-0.3, -0.25) is 9.59 Å². The number of hydrogen-bond acceptors (Lipinski definition) is 4. The van der Waals surface area contributed by atoms with Crippen molar-refractivity contribution < 1.29 is 19.4 Å². The first kappa shape index (κ1) is 18.1. The van der Waals surface area contributed by atoms with Gasteiger partial charge in [-0.2, -0.15) is 0 Å². The van der Waals surface area contributed by atoms with Crippen LogP contribution in [0, 0.1) is 0 Å². The number of rotatable bonds is 5. The Bertz CT molecular complexity index is 796. The monoisotopic (exact) mass is 354 g/mol. The molecule has 1 saturated heterocycles. The van der Waals surface area contributed by atoms with Crippen molar-refractivity contribution in [3.63, 3.8) is 0 Å². The normalized spacial score (nSPS) is 25.9. The highest BCUT2D eigenvalue weighted by Gasteiger charge is 2.57. The van der Waals surface area contributed by atoms with E-state index in [0.29, 0.717) is 0 Å². The molecule has 0 spiro atoms. The maximum absolute atomic E-state index is 12.9. The van der Waals surface area contributed by atoms with Crippen LogP contribution < -0.4 is 5.32 Å². The van der Waals surface area contributed by atoms with Gasteiger partial charge in [0.1, 0.15) is 0 Å². The SMILES string of the molecule is CO[C@@]1(Cc2ccccc2)C(=O)N[C@@](O)(Cc2ccccc2)C(=O)N1C. The second kappa shape index (κ2) is 6.90. The van der Waals surface area contributed by atoms with E-state index in [1.54, 1.807) is 12.1 Å². The summed E-state index contributed by atoms with van der Waals surface area (Å²) in [6.07, 6.45) is 0.160. The fourth-order valence-corrected chi connectivity index (χ4v) is 3.32. The van der Waals surface area contributed by atoms with Gasteiger partial charge in [0.2, 0.25) is 11.4 Å². The largest absolute Gasteiger partial charge is 0.363 e. The van der Waals surface area contributed by atoms with Crippen LogP contribution in [0.5, 0.6) is 0 Å². The Kier molecular flexibility index (Phi) is 4.80. The van der Waals surface area contributed by atoms with Gasteiger partial charge in [-0.05, 0) is 11.1 Å². The van der Waals surface area contributed by atoms with Crippen LogP contribution in [0.1, 0.15) is 11.1 Å². The molecule has 2 atom stereocenters. The first-order chi connectivity index (χ1) is 12.4. The lowest BCUT2D eigenvalue weighted by molar-refractivity contribution is -0.208. The van der Waals surface area contributed by atoms with Crippen LogP contribution in [0.4, 0.5) is 0 Å². The fraction of sp³-hybridized carbons (Fsp3) is 0.300. The van der Waals surface area contributed by atoms with E-state index in [-0.39, 0.29) is 12.8 Å². The number of carbonyl (C=O) groups is 2. The van der Waals surface area contributed by atoms with Gasteiger partial charge in [0.05, 0.1) is 0 Å². The van der Waals surface area contributed by atoms with E-state index in [4.69, 9.17) is 4.74 Å². The third-order valence-corrected chi connectivity index (χ3v) is 4.80. The summed E-state index contributed by atoms with van der Waals surface area (Å²) < 4.78 is 5.50. The van der Waals surface area contributed by atoms with Crippen molar-refractivity contribution in [1.29, 1.82) is 0 Å². The number of hydrogen-bond donors (Lipinski definition) is 2. The lowest BCUT2D eigenvalue weighted by atomic mass is 9.92. The molecule has 0 bridgehead atoms. The van der Waals surface area contributed by atoms with Crippen LogP contribution in [0.2, 0.25) is 0 Å². The molecule has 6 nitrogen and oxygen atoms in total. The van der Waals surface area contributed by atoms with E-state index >= 15 is 0 Å². The summed E-state index contributed by atoms with van der Waals surface area (Å²) in [4.78, 5) is 27.1. The number of amides is 2. The van der Waals surface area contributed by atoms with E-state index in [9.17, 15) is 14.7 Å². The standard InChI is InChI=1S/C20H22N2O4/c1-22-18(24)19(25,13-15-9-5-3-6-10-15)21-17(23)20(22,26-2)14-16-11-7-4-8-12-16/h3-12,25H,13-14H2,1-2H3,(H,21,23)/t19-,20+/m1/s1. The minimum atomic E-state index is -2.01. The van der Waals surface area contributed by atoms with E-state index in [1.165, 1.54) is 19.1 Å². The van der Waals surface area contributed by atoms with E-state index in [1.807, 2.05) is 48.5 Å². The summed E-state index contributed by atoms with van der Waals surface area (Å²) in [5.41, 5.74) is -1.93. The Hall–Kier alpha value is -2.70. The van der Waals surface area contributed by atoms with Crippen molar-refractivity contribution in [2.75, 3.05) is 14.2 Å². The van der Waals surface area contributed by atoms with Gasteiger partial charge in [-0.25, -0.2) is 0 Å². The van der Waals surface area contributed by atoms with Crippen LogP contribution in [0.3, 0.4) is 0 Å². The van der Waals surface area contributed by atoms with Gasteiger partial charge in [0.15, 0.2) is 0 Å². The number of carbonyl (C=O) groups excluding carboxylic acids is 2. The molecule has 3 rings (SSSR count). The lowest BCUT2D eigenvalue weighted by Crippen LogP contribution is -2.76. The molecule has 0 unspecified atom stereocenters. The summed E-state index contributed by atoms with van der Waals surface area (Å²) in [5, 5.41) is 13.3. The highest BCUT2D eigenvalue weighted by atomic mass is 16.5. The number of piperazine rings is 1. The van der Waals surface area contributed by atoms with Crippen molar-refractivity contribution in [1.82, 2.24) is 10.2 Å². The first-order valence-electron chi connectivity index (χ1n) is 8.37. The molecule has 26 heavy (non-hydrogen) atoms. The summed E-state index contributed by atoms with van der Waals surface area (Å²) in [6, 6.07) is 18.3. The van der Waals surface area contributed by atoms with Crippen LogP contribution in [-0.4, -0.2) is 47.4 Å². The molecule has 1 heterocycles. The van der Waals surface area contributed by atoms with Crippen LogP contribution in [0.25, 0.3) is 0 Å².